The molecule has 0 aliphatic rings. The first kappa shape index (κ1) is 11.6. The minimum atomic E-state index is 0.189. The van der Waals surface area contributed by atoms with Crippen LogP contribution in [0.3, 0.4) is 0 Å². The predicted octanol–water partition coefficient (Wildman–Crippen LogP) is 3.55. The van der Waals surface area contributed by atoms with Crippen LogP contribution >= 0.6 is 23.6 Å². The Morgan fingerprint density at radius 2 is 2.39 bits per heavy atom. The largest absolute Gasteiger partial charge is 0.329 e. The van der Waals surface area contributed by atoms with Crippen molar-refractivity contribution in [3.05, 3.63) is 39.8 Å². The van der Waals surface area contributed by atoms with Gasteiger partial charge in [-0.15, -0.1) is 11.3 Å². The molecule has 3 rings (SSSR count). The van der Waals surface area contributed by atoms with Crippen molar-refractivity contribution in [3.8, 4) is 0 Å². The molecule has 0 saturated carbocycles. The number of nitrogens with one attached hydrogen (secondary N) is 1. The number of hydrogen-bond donors (Lipinski definition) is 1. The highest BCUT2D eigenvalue weighted by molar-refractivity contribution is 7.71. The summed E-state index contributed by atoms with van der Waals surface area (Å²) in [6.07, 6.45) is 6.38. The van der Waals surface area contributed by atoms with Crippen molar-refractivity contribution in [1.29, 1.82) is 0 Å². The monoisotopic (exact) mass is 276 g/mol. The molecule has 0 fully saturated rings. The lowest BCUT2D eigenvalue weighted by Gasteiger charge is -2.15. The van der Waals surface area contributed by atoms with E-state index in [-0.39, 0.29) is 6.04 Å². The van der Waals surface area contributed by atoms with Gasteiger partial charge in [0.25, 0.3) is 0 Å². The van der Waals surface area contributed by atoms with Gasteiger partial charge in [-0.2, -0.15) is 0 Å². The highest BCUT2D eigenvalue weighted by atomic mass is 32.1. The number of fused-ring (bicyclic) bond motifs is 1. The lowest BCUT2D eigenvalue weighted by Crippen LogP contribution is -2.09. The highest BCUT2D eigenvalue weighted by Gasteiger charge is 2.17. The number of aromatic nitrogens is 4. The maximum absolute atomic E-state index is 5.43. The van der Waals surface area contributed by atoms with Gasteiger partial charge in [0.05, 0.1) is 23.3 Å². The predicted molar refractivity (Wildman–Crippen MR) is 75.5 cm³/mol. The summed E-state index contributed by atoms with van der Waals surface area (Å²) in [6, 6.07) is 2.17. The molecule has 92 valence electrons. The van der Waals surface area contributed by atoms with Crippen molar-refractivity contribution in [2.24, 2.45) is 0 Å². The number of thiazole rings is 1. The summed E-state index contributed by atoms with van der Waals surface area (Å²) in [6.45, 7) is 2.15. The molecule has 0 amide bonds. The zero-order valence-electron chi connectivity index (χ0n) is 9.83. The van der Waals surface area contributed by atoms with Crippen molar-refractivity contribution >= 4 is 34.6 Å². The molecule has 4 nitrogen and oxygen atoms in total. The van der Waals surface area contributed by atoms with E-state index in [1.165, 1.54) is 0 Å². The molecule has 3 heterocycles. The molecule has 0 radical (unpaired) electrons. The standard InChI is InChI=1S/C12H12N4S2/c1-2-9(11-14-5-6-18-11)16-10-3-4-13-7-8(10)15-12(16)17/h3-7,9H,2H2,1H3,(H,15,17). The summed E-state index contributed by atoms with van der Waals surface area (Å²) in [5, 5.41) is 3.09. The molecule has 18 heavy (non-hydrogen) atoms. The molecular formula is C12H12N4S2. The lowest BCUT2D eigenvalue weighted by atomic mass is 10.2. The number of nitrogens with zero attached hydrogens (tertiary/aromatic N) is 3. The van der Waals surface area contributed by atoms with Crippen LogP contribution in [0.2, 0.25) is 0 Å². The van der Waals surface area contributed by atoms with Crippen molar-refractivity contribution in [2.75, 3.05) is 0 Å². The smallest absolute Gasteiger partial charge is 0.178 e. The van der Waals surface area contributed by atoms with Gasteiger partial charge in [-0.1, -0.05) is 6.92 Å². The van der Waals surface area contributed by atoms with Crippen molar-refractivity contribution in [3.63, 3.8) is 0 Å². The van der Waals surface area contributed by atoms with Crippen LogP contribution in [0, 0.1) is 4.77 Å². The van der Waals surface area contributed by atoms with Gasteiger partial charge in [-0.3, -0.25) is 4.98 Å². The van der Waals surface area contributed by atoms with E-state index in [1.807, 2.05) is 17.6 Å². The fraction of sp³-hybridized carbons (Fsp3) is 0.250. The van der Waals surface area contributed by atoms with Gasteiger partial charge in [0.1, 0.15) is 5.01 Å². The third-order valence-electron chi connectivity index (χ3n) is 2.95. The molecule has 6 heteroatoms. The first-order valence-corrected chi connectivity index (χ1v) is 7.03. The molecule has 0 aliphatic carbocycles. The van der Waals surface area contributed by atoms with E-state index in [4.69, 9.17) is 12.2 Å². The molecule has 3 aromatic rings. The molecule has 0 saturated heterocycles. The minimum Gasteiger partial charge on any atom is -0.329 e. The van der Waals surface area contributed by atoms with E-state index in [1.54, 1.807) is 23.7 Å². The van der Waals surface area contributed by atoms with Gasteiger partial charge in [-0.25, -0.2) is 4.98 Å². The third-order valence-corrected chi connectivity index (χ3v) is 4.13. The van der Waals surface area contributed by atoms with Gasteiger partial charge in [0.2, 0.25) is 0 Å². The second kappa shape index (κ2) is 4.62. The van der Waals surface area contributed by atoms with Crippen LogP contribution in [0.25, 0.3) is 11.0 Å². The molecule has 1 unspecified atom stereocenters. The van der Waals surface area contributed by atoms with Crippen molar-refractivity contribution < 1.29 is 0 Å². The summed E-state index contributed by atoms with van der Waals surface area (Å²) >= 11 is 7.09. The molecule has 3 aromatic heterocycles. The van der Waals surface area contributed by atoms with Crippen LogP contribution in [0.1, 0.15) is 24.4 Å². The first-order chi connectivity index (χ1) is 8.81. The Kier molecular flexibility index (Phi) is 2.97. The zero-order valence-corrected chi connectivity index (χ0v) is 11.5. The molecule has 1 atom stereocenters. The SMILES string of the molecule is CCC(c1nccs1)n1c(=S)[nH]c2cnccc21. The summed E-state index contributed by atoms with van der Waals surface area (Å²) in [5.41, 5.74) is 2.05. The fourth-order valence-corrected chi connectivity index (χ4v) is 3.30. The Hall–Kier alpha value is -1.53. The number of aromatic amines is 1. The molecular weight excluding hydrogens is 264 g/mol. The second-order valence-electron chi connectivity index (χ2n) is 3.99. The van der Waals surface area contributed by atoms with Gasteiger partial charge in [-0.05, 0) is 24.7 Å². The molecule has 1 N–H and O–H groups in total. The average Bonchev–Trinajstić information content (AvgIpc) is 2.99. The molecule has 0 spiro atoms. The summed E-state index contributed by atoms with van der Waals surface area (Å²) in [7, 11) is 0. The second-order valence-corrected chi connectivity index (χ2v) is 5.30. The molecule has 0 aromatic carbocycles. The Morgan fingerprint density at radius 1 is 1.50 bits per heavy atom. The first-order valence-electron chi connectivity index (χ1n) is 5.75. The van der Waals surface area contributed by atoms with E-state index in [9.17, 15) is 0 Å². The fourth-order valence-electron chi connectivity index (χ4n) is 2.15. The zero-order chi connectivity index (χ0) is 12.5. The third kappa shape index (κ3) is 1.77. The van der Waals surface area contributed by atoms with E-state index >= 15 is 0 Å². The number of pyridine rings is 1. The van der Waals surface area contributed by atoms with Crippen LogP contribution in [-0.4, -0.2) is 19.5 Å². The van der Waals surface area contributed by atoms with E-state index < -0.39 is 0 Å². The quantitative estimate of drug-likeness (QED) is 0.744. The Labute approximate surface area is 113 Å². The van der Waals surface area contributed by atoms with Crippen LogP contribution in [0.15, 0.2) is 30.0 Å². The van der Waals surface area contributed by atoms with Crippen LogP contribution < -0.4 is 0 Å². The maximum Gasteiger partial charge on any atom is 0.178 e. The van der Waals surface area contributed by atoms with Gasteiger partial charge >= 0.3 is 0 Å². The number of imidazole rings is 1. The molecule has 0 bridgehead atoms. The summed E-state index contributed by atoms with van der Waals surface area (Å²) in [4.78, 5) is 11.7. The van der Waals surface area contributed by atoms with Crippen molar-refractivity contribution in [2.45, 2.75) is 19.4 Å². The maximum atomic E-state index is 5.43. The van der Waals surface area contributed by atoms with Crippen LogP contribution in [0.4, 0.5) is 0 Å². The number of hydrogen-bond acceptors (Lipinski definition) is 4. The lowest BCUT2D eigenvalue weighted by molar-refractivity contribution is 0.571. The number of H-pyrrole nitrogens is 1. The summed E-state index contributed by atoms with van der Waals surface area (Å²) in [5.74, 6) is 0. The Morgan fingerprint density at radius 3 is 3.11 bits per heavy atom. The van der Waals surface area contributed by atoms with E-state index in [2.05, 4.69) is 26.4 Å². The topological polar surface area (TPSA) is 46.5 Å². The normalized spacial score (nSPS) is 12.9. The Bertz CT molecular complexity index is 711. The molecule has 0 aliphatic heterocycles. The van der Waals surface area contributed by atoms with Crippen molar-refractivity contribution in [1.82, 2.24) is 19.5 Å². The van der Waals surface area contributed by atoms with Gasteiger partial charge in [0.15, 0.2) is 4.77 Å². The van der Waals surface area contributed by atoms with E-state index in [0.717, 1.165) is 27.2 Å². The van der Waals surface area contributed by atoms with Crippen LogP contribution in [0.5, 0.6) is 0 Å². The Balaban J connectivity index is 2.24. The van der Waals surface area contributed by atoms with Crippen LogP contribution in [-0.2, 0) is 0 Å². The highest BCUT2D eigenvalue weighted by Crippen LogP contribution is 2.27. The van der Waals surface area contributed by atoms with Gasteiger partial charge in [0, 0.05) is 17.8 Å². The number of rotatable bonds is 3. The minimum absolute atomic E-state index is 0.189. The average molecular weight is 276 g/mol. The summed E-state index contributed by atoms with van der Waals surface area (Å²) < 4.78 is 2.85. The van der Waals surface area contributed by atoms with E-state index in [0.29, 0.717) is 0 Å². The van der Waals surface area contributed by atoms with Gasteiger partial charge < -0.3 is 9.55 Å².